The number of carbonyl (C=O) groups excluding carboxylic acids is 2. The number of phenols is 1. The molecule has 2 N–H and O–H groups in total. The van der Waals surface area contributed by atoms with Crippen LogP contribution < -0.4 is 5.43 Å². The maximum absolute atomic E-state index is 12.0. The number of hydrazine groups is 1. The first-order chi connectivity index (χ1) is 8.97. The molecule has 1 aliphatic heterocycles. The van der Waals surface area contributed by atoms with Gasteiger partial charge in [-0.25, -0.2) is 5.01 Å². The Kier molecular flexibility index (Phi) is 2.52. The summed E-state index contributed by atoms with van der Waals surface area (Å²) in [5.41, 5.74) is 5.09. The number of amides is 2. The number of aryl methyl sites for hydroxylation is 2. The number of fused-ring (bicyclic) bond motifs is 1. The highest BCUT2D eigenvalue weighted by Crippen LogP contribution is 2.42. The maximum atomic E-state index is 12.0. The molecule has 2 amide bonds. The minimum atomic E-state index is -0.118. The molecule has 2 unspecified atom stereocenters. The lowest BCUT2D eigenvalue weighted by Crippen LogP contribution is -2.51. The number of rotatable bonds is 2. The molecule has 0 aromatic heterocycles. The van der Waals surface area contributed by atoms with Crippen molar-refractivity contribution in [2.75, 3.05) is 0 Å². The van der Waals surface area contributed by atoms with Gasteiger partial charge in [0.15, 0.2) is 0 Å². The van der Waals surface area contributed by atoms with Crippen LogP contribution in [0.15, 0.2) is 12.1 Å². The molecular weight excluding hydrogens is 244 g/mol. The SMILES string of the molecule is Cc1cc(CN2NC(=O)C3CC3C2=O)cc(C)c1O. The standard InChI is InChI=1S/C14H16N2O3/c1-7-3-9(4-8(2)12(7)17)6-16-14(19)11-5-10(11)13(18)15-16/h3-4,10-11,17H,5-6H2,1-2H3,(H,15,18). The molecular formula is C14H16N2O3. The Morgan fingerprint density at radius 1 is 1.26 bits per heavy atom. The molecule has 19 heavy (non-hydrogen) atoms. The van der Waals surface area contributed by atoms with Crippen LogP contribution in [0.25, 0.3) is 0 Å². The summed E-state index contributed by atoms with van der Waals surface area (Å²) in [6, 6.07) is 3.67. The van der Waals surface area contributed by atoms with Gasteiger partial charge < -0.3 is 5.11 Å². The van der Waals surface area contributed by atoms with Crippen LogP contribution in [0.5, 0.6) is 5.75 Å². The Morgan fingerprint density at radius 2 is 1.89 bits per heavy atom. The summed E-state index contributed by atoms with van der Waals surface area (Å²) in [4.78, 5) is 23.6. The second kappa shape index (κ2) is 3.98. The van der Waals surface area contributed by atoms with E-state index in [9.17, 15) is 14.7 Å². The van der Waals surface area contributed by atoms with E-state index in [0.29, 0.717) is 13.0 Å². The molecule has 1 aliphatic carbocycles. The van der Waals surface area contributed by atoms with E-state index in [1.807, 2.05) is 26.0 Å². The van der Waals surface area contributed by atoms with E-state index < -0.39 is 0 Å². The van der Waals surface area contributed by atoms with Crippen LogP contribution in [-0.4, -0.2) is 21.9 Å². The molecule has 1 heterocycles. The van der Waals surface area contributed by atoms with Crippen molar-refractivity contribution in [3.05, 3.63) is 28.8 Å². The van der Waals surface area contributed by atoms with Crippen LogP contribution in [0.2, 0.25) is 0 Å². The summed E-state index contributed by atoms with van der Waals surface area (Å²) >= 11 is 0. The molecule has 0 spiro atoms. The van der Waals surface area contributed by atoms with Gasteiger partial charge in [-0.2, -0.15) is 0 Å². The number of nitrogens with zero attached hydrogens (tertiary/aromatic N) is 1. The molecule has 3 rings (SSSR count). The summed E-state index contributed by atoms with van der Waals surface area (Å²) in [6.07, 6.45) is 0.675. The van der Waals surface area contributed by atoms with Crippen LogP contribution in [0, 0.1) is 25.7 Å². The fraction of sp³-hybridized carbons (Fsp3) is 0.429. The fourth-order valence-electron chi connectivity index (χ4n) is 2.67. The number of hydrogen-bond acceptors (Lipinski definition) is 3. The molecule has 0 radical (unpaired) electrons. The Hall–Kier alpha value is -2.04. The van der Waals surface area contributed by atoms with Gasteiger partial charge in [0.1, 0.15) is 5.75 Å². The molecule has 100 valence electrons. The lowest BCUT2D eigenvalue weighted by atomic mass is 10.1. The van der Waals surface area contributed by atoms with Gasteiger partial charge in [0.2, 0.25) is 11.8 Å². The number of phenolic OH excluding ortho intramolecular Hbond substituents is 1. The smallest absolute Gasteiger partial charge is 0.245 e. The van der Waals surface area contributed by atoms with Crippen LogP contribution in [0.1, 0.15) is 23.1 Å². The van der Waals surface area contributed by atoms with E-state index in [-0.39, 0.29) is 29.4 Å². The Balaban J connectivity index is 1.81. The van der Waals surface area contributed by atoms with Gasteiger partial charge in [0, 0.05) is 0 Å². The Bertz CT molecular complexity index is 559. The van der Waals surface area contributed by atoms with Gasteiger partial charge in [-0.3, -0.25) is 15.0 Å². The zero-order chi connectivity index (χ0) is 13.7. The second-order valence-corrected chi connectivity index (χ2v) is 5.43. The highest BCUT2D eigenvalue weighted by Gasteiger charge is 2.53. The lowest BCUT2D eigenvalue weighted by Gasteiger charge is -2.27. The van der Waals surface area contributed by atoms with Crippen LogP contribution in [0.3, 0.4) is 0 Å². The van der Waals surface area contributed by atoms with Gasteiger partial charge in [0.05, 0.1) is 18.4 Å². The van der Waals surface area contributed by atoms with Crippen molar-refractivity contribution >= 4 is 11.8 Å². The van der Waals surface area contributed by atoms with Gasteiger partial charge in [0.25, 0.3) is 0 Å². The Labute approximate surface area is 111 Å². The molecule has 0 bridgehead atoms. The third kappa shape index (κ3) is 1.95. The van der Waals surface area contributed by atoms with Gasteiger partial charge in [-0.15, -0.1) is 0 Å². The molecule has 1 saturated heterocycles. The van der Waals surface area contributed by atoms with E-state index >= 15 is 0 Å². The van der Waals surface area contributed by atoms with Crippen molar-refractivity contribution in [1.82, 2.24) is 10.4 Å². The van der Waals surface area contributed by atoms with E-state index in [4.69, 9.17) is 0 Å². The third-order valence-electron chi connectivity index (χ3n) is 3.85. The van der Waals surface area contributed by atoms with E-state index in [2.05, 4.69) is 5.43 Å². The van der Waals surface area contributed by atoms with Gasteiger partial charge in [-0.1, -0.05) is 12.1 Å². The summed E-state index contributed by atoms with van der Waals surface area (Å²) < 4.78 is 0. The van der Waals surface area contributed by atoms with Crippen molar-refractivity contribution in [1.29, 1.82) is 0 Å². The second-order valence-electron chi connectivity index (χ2n) is 5.43. The van der Waals surface area contributed by atoms with Crippen LogP contribution in [0.4, 0.5) is 0 Å². The first-order valence-corrected chi connectivity index (χ1v) is 6.38. The first-order valence-electron chi connectivity index (χ1n) is 6.38. The number of nitrogens with one attached hydrogen (secondary N) is 1. The van der Waals surface area contributed by atoms with Crippen molar-refractivity contribution in [2.24, 2.45) is 11.8 Å². The monoisotopic (exact) mass is 260 g/mol. The van der Waals surface area contributed by atoms with Crippen LogP contribution >= 0.6 is 0 Å². The third-order valence-corrected chi connectivity index (χ3v) is 3.85. The summed E-state index contributed by atoms with van der Waals surface area (Å²) in [7, 11) is 0. The highest BCUT2D eigenvalue weighted by molar-refractivity contribution is 5.97. The number of carbonyl (C=O) groups is 2. The number of hydrogen-bond donors (Lipinski definition) is 2. The molecule has 2 atom stereocenters. The van der Waals surface area contributed by atoms with E-state index in [1.54, 1.807) is 0 Å². The summed E-state index contributed by atoms with van der Waals surface area (Å²) in [5.74, 6) is -0.00934. The van der Waals surface area contributed by atoms with Crippen molar-refractivity contribution in [3.63, 3.8) is 0 Å². The molecule has 1 aromatic carbocycles. The summed E-state index contributed by atoms with van der Waals surface area (Å²) in [6.45, 7) is 3.98. The quantitative estimate of drug-likeness (QED) is 0.834. The molecule has 5 nitrogen and oxygen atoms in total. The summed E-state index contributed by atoms with van der Waals surface area (Å²) in [5, 5.41) is 11.1. The lowest BCUT2D eigenvalue weighted by molar-refractivity contribution is -0.148. The largest absolute Gasteiger partial charge is 0.507 e. The highest BCUT2D eigenvalue weighted by atomic mass is 16.3. The predicted molar refractivity (Wildman–Crippen MR) is 67.9 cm³/mol. The minimum Gasteiger partial charge on any atom is -0.507 e. The molecule has 5 heteroatoms. The number of benzene rings is 1. The first kappa shape index (κ1) is 12.0. The number of aromatic hydroxyl groups is 1. The zero-order valence-corrected chi connectivity index (χ0v) is 10.9. The normalized spacial score (nSPS) is 25.1. The van der Waals surface area contributed by atoms with Crippen molar-refractivity contribution in [2.45, 2.75) is 26.8 Å². The molecule has 2 fully saturated rings. The molecule has 2 aliphatic rings. The predicted octanol–water partition coefficient (Wildman–Crippen LogP) is 1.02. The van der Waals surface area contributed by atoms with Gasteiger partial charge >= 0.3 is 0 Å². The zero-order valence-electron chi connectivity index (χ0n) is 10.9. The topological polar surface area (TPSA) is 69.6 Å². The fourth-order valence-corrected chi connectivity index (χ4v) is 2.67. The molecule has 1 saturated carbocycles. The molecule has 1 aromatic rings. The average molecular weight is 260 g/mol. The minimum absolute atomic E-state index is 0.00650. The van der Waals surface area contributed by atoms with Crippen LogP contribution in [-0.2, 0) is 16.1 Å². The van der Waals surface area contributed by atoms with E-state index in [0.717, 1.165) is 16.7 Å². The van der Waals surface area contributed by atoms with Crippen molar-refractivity contribution < 1.29 is 14.7 Å². The Morgan fingerprint density at radius 3 is 2.53 bits per heavy atom. The average Bonchev–Trinajstić information content (AvgIpc) is 3.13. The maximum Gasteiger partial charge on any atom is 0.245 e. The van der Waals surface area contributed by atoms with E-state index in [1.165, 1.54) is 5.01 Å². The van der Waals surface area contributed by atoms with Crippen molar-refractivity contribution in [3.8, 4) is 5.75 Å². The van der Waals surface area contributed by atoms with Gasteiger partial charge in [-0.05, 0) is 37.0 Å².